The summed E-state index contributed by atoms with van der Waals surface area (Å²) in [4.78, 5) is 37.8. The summed E-state index contributed by atoms with van der Waals surface area (Å²) in [6.45, 7) is -0.0494. The Bertz CT molecular complexity index is 1410. The minimum Gasteiger partial charge on any atom is -0.496 e. The zero-order valence-electron chi connectivity index (χ0n) is 18.8. The Balaban J connectivity index is 1.64. The molecule has 1 saturated heterocycles. The van der Waals surface area contributed by atoms with Crippen molar-refractivity contribution in [3.8, 4) is 11.5 Å². The van der Waals surface area contributed by atoms with Gasteiger partial charge in [-0.1, -0.05) is 29.8 Å². The maximum absolute atomic E-state index is 13.2. The van der Waals surface area contributed by atoms with Crippen molar-refractivity contribution in [2.45, 2.75) is 6.61 Å². The van der Waals surface area contributed by atoms with Gasteiger partial charge in [0, 0.05) is 16.7 Å². The van der Waals surface area contributed by atoms with Crippen LogP contribution in [0, 0.1) is 10.1 Å². The van der Waals surface area contributed by atoms with Crippen molar-refractivity contribution in [3.05, 3.63) is 98.6 Å². The van der Waals surface area contributed by atoms with Gasteiger partial charge in [0.1, 0.15) is 17.9 Å². The maximum atomic E-state index is 13.2. The van der Waals surface area contributed by atoms with Crippen molar-refractivity contribution < 1.29 is 24.0 Å². The molecule has 0 spiro atoms. The minimum atomic E-state index is -0.635. The number of nitrogens with one attached hydrogen (secondary N) is 1. The number of hydrogen-bond donors (Lipinski definition) is 1. The Labute approximate surface area is 216 Å². The number of carbonyl (C=O) groups excluding carboxylic acids is 2. The summed E-state index contributed by atoms with van der Waals surface area (Å²) in [5.41, 5.74) is 1.22. The Hall–Kier alpha value is -4.28. The van der Waals surface area contributed by atoms with E-state index in [4.69, 9.17) is 33.3 Å². The van der Waals surface area contributed by atoms with E-state index in [1.807, 2.05) is 0 Å². The van der Waals surface area contributed by atoms with Gasteiger partial charge in [0.2, 0.25) is 0 Å². The highest BCUT2D eigenvalue weighted by Crippen LogP contribution is 2.29. The fourth-order valence-corrected chi connectivity index (χ4v) is 3.94. The molecule has 4 rings (SSSR count). The number of para-hydroxylation sites is 2. The van der Waals surface area contributed by atoms with E-state index in [-0.39, 0.29) is 28.7 Å². The molecule has 1 N–H and O–H groups in total. The number of nitrogens with zero attached hydrogens (tertiary/aromatic N) is 2. The molecule has 0 radical (unpaired) electrons. The summed E-state index contributed by atoms with van der Waals surface area (Å²) in [7, 11) is 1.48. The standard InChI is InChI=1S/C25H18ClN3O6S/c1-34-21-11-6-15(12-16(21)14-35-22-5-3-2-4-20(22)29(32)33)13-19-23(30)27-25(36)28(24(19)31)18-9-7-17(26)8-10-18/h2-13H,14H2,1H3,(H,27,30,36)/b19-13+. The molecule has 0 unspecified atom stereocenters. The highest BCUT2D eigenvalue weighted by molar-refractivity contribution is 7.80. The van der Waals surface area contributed by atoms with Gasteiger partial charge in [-0.25, -0.2) is 0 Å². The molecule has 11 heteroatoms. The largest absolute Gasteiger partial charge is 0.496 e. The Morgan fingerprint density at radius 2 is 1.81 bits per heavy atom. The third-order valence-electron chi connectivity index (χ3n) is 5.25. The van der Waals surface area contributed by atoms with Crippen molar-refractivity contribution in [3.63, 3.8) is 0 Å². The van der Waals surface area contributed by atoms with Crippen LogP contribution in [-0.4, -0.2) is 29.0 Å². The van der Waals surface area contributed by atoms with Crippen LogP contribution in [0.2, 0.25) is 5.02 Å². The third-order valence-corrected chi connectivity index (χ3v) is 5.78. The quantitative estimate of drug-likeness (QED) is 0.157. The first-order chi connectivity index (χ1) is 17.3. The van der Waals surface area contributed by atoms with Gasteiger partial charge in [-0.3, -0.25) is 29.9 Å². The number of ether oxygens (including phenoxy) is 2. The molecule has 36 heavy (non-hydrogen) atoms. The number of rotatable bonds is 7. The van der Waals surface area contributed by atoms with E-state index < -0.39 is 16.7 Å². The fraction of sp³-hybridized carbons (Fsp3) is 0.0800. The van der Waals surface area contributed by atoms with Crippen molar-refractivity contribution >= 4 is 58.2 Å². The Kier molecular flexibility index (Phi) is 7.28. The number of hydrogen-bond acceptors (Lipinski definition) is 7. The van der Waals surface area contributed by atoms with Crippen LogP contribution >= 0.6 is 23.8 Å². The van der Waals surface area contributed by atoms with Crippen molar-refractivity contribution in [2.75, 3.05) is 12.0 Å². The zero-order chi connectivity index (χ0) is 25.8. The Morgan fingerprint density at radius 1 is 1.08 bits per heavy atom. The topological polar surface area (TPSA) is 111 Å². The summed E-state index contributed by atoms with van der Waals surface area (Å²) in [6.07, 6.45) is 1.43. The van der Waals surface area contributed by atoms with E-state index in [0.717, 1.165) is 0 Å². The number of benzene rings is 3. The van der Waals surface area contributed by atoms with Gasteiger partial charge in [-0.05, 0) is 66.3 Å². The first kappa shape index (κ1) is 24.8. The number of thiocarbonyl (C=S) groups is 1. The van der Waals surface area contributed by atoms with Crippen LogP contribution in [0.3, 0.4) is 0 Å². The van der Waals surface area contributed by atoms with Crippen LogP contribution in [-0.2, 0) is 16.2 Å². The number of nitro benzene ring substituents is 1. The van der Waals surface area contributed by atoms with Crippen molar-refractivity contribution in [1.29, 1.82) is 0 Å². The predicted molar refractivity (Wildman–Crippen MR) is 138 cm³/mol. The van der Waals surface area contributed by atoms with E-state index in [2.05, 4.69) is 5.32 Å². The number of amides is 2. The van der Waals surface area contributed by atoms with Crippen molar-refractivity contribution in [2.24, 2.45) is 0 Å². The molecule has 3 aromatic carbocycles. The fourth-order valence-electron chi connectivity index (χ4n) is 3.54. The second-order valence-corrected chi connectivity index (χ2v) is 8.34. The lowest BCUT2D eigenvalue weighted by Crippen LogP contribution is -2.54. The van der Waals surface area contributed by atoms with Gasteiger partial charge in [-0.2, -0.15) is 0 Å². The average Bonchev–Trinajstić information content (AvgIpc) is 2.86. The van der Waals surface area contributed by atoms with Gasteiger partial charge in [0.25, 0.3) is 11.8 Å². The van der Waals surface area contributed by atoms with Crippen molar-refractivity contribution in [1.82, 2.24) is 5.32 Å². The first-order valence-corrected chi connectivity index (χ1v) is 11.3. The lowest BCUT2D eigenvalue weighted by atomic mass is 10.0. The van der Waals surface area contributed by atoms with Gasteiger partial charge >= 0.3 is 5.69 Å². The molecule has 182 valence electrons. The van der Waals surface area contributed by atoms with Crippen LogP contribution in [0.4, 0.5) is 11.4 Å². The van der Waals surface area contributed by atoms with Gasteiger partial charge in [0.15, 0.2) is 10.9 Å². The number of carbonyl (C=O) groups is 2. The molecular weight excluding hydrogens is 506 g/mol. The zero-order valence-corrected chi connectivity index (χ0v) is 20.3. The molecule has 0 aliphatic carbocycles. The summed E-state index contributed by atoms with van der Waals surface area (Å²) in [6, 6.07) is 17.5. The second-order valence-electron chi connectivity index (χ2n) is 7.52. The molecule has 1 heterocycles. The Morgan fingerprint density at radius 3 is 2.50 bits per heavy atom. The minimum absolute atomic E-state index is 0.0438. The molecule has 3 aromatic rings. The van der Waals surface area contributed by atoms with E-state index >= 15 is 0 Å². The molecule has 0 atom stereocenters. The molecular formula is C25H18ClN3O6S. The SMILES string of the molecule is COc1ccc(/C=C2\C(=O)NC(=S)N(c3ccc(Cl)cc3)C2=O)cc1COc1ccccc1[N+](=O)[O-]. The lowest BCUT2D eigenvalue weighted by molar-refractivity contribution is -0.385. The summed E-state index contributed by atoms with van der Waals surface area (Å²) in [5.74, 6) is -0.662. The summed E-state index contributed by atoms with van der Waals surface area (Å²) >= 11 is 11.1. The van der Waals surface area contributed by atoms with E-state index in [1.165, 1.54) is 30.2 Å². The van der Waals surface area contributed by atoms with Crippen LogP contribution in [0.25, 0.3) is 6.08 Å². The maximum Gasteiger partial charge on any atom is 0.310 e. The van der Waals surface area contributed by atoms with E-state index in [9.17, 15) is 19.7 Å². The first-order valence-electron chi connectivity index (χ1n) is 10.5. The normalized spacial score (nSPS) is 14.6. The third kappa shape index (κ3) is 5.19. The number of methoxy groups -OCH3 is 1. The highest BCUT2D eigenvalue weighted by atomic mass is 35.5. The van der Waals surface area contributed by atoms with Gasteiger partial charge < -0.3 is 9.47 Å². The summed E-state index contributed by atoms with van der Waals surface area (Å²) < 4.78 is 11.1. The number of nitro groups is 1. The van der Waals surface area contributed by atoms with E-state index in [0.29, 0.717) is 27.6 Å². The van der Waals surface area contributed by atoms with Crippen LogP contribution < -0.4 is 19.7 Å². The van der Waals surface area contributed by atoms with Crippen LogP contribution in [0.5, 0.6) is 11.5 Å². The average molecular weight is 524 g/mol. The van der Waals surface area contributed by atoms with Gasteiger partial charge in [-0.15, -0.1) is 0 Å². The van der Waals surface area contributed by atoms with E-state index in [1.54, 1.807) is 54.6 Å². The number of anilines is 1. The predicted octanol–water partition coefficient (Wildman–Crippen LogP) is 4.67. The smallest absolute Gasteiger partial charge is 0.310 e. The molecule has 9 nitrogen and oxygen atoms in total. The molecule has 1 fully saturated rings. The molecule has 0 saturated carbocycles. The second kappa shape index (κ2) is 10.5. The summed E-state index contributed by atoms with van der Waals surface area (Å²) in [5, 5.41) is 14.2. The molecule has 1 aliphatic rings. The monoisotopic (exact) mass is 523 g/mol. The molecule has 1 aliphatic heterocycles. The molecule has 0 bridgehead atoms. The van der Waals surface area contributed by atoms with Crippen LogP contribution in [0.15, 0.2) is 72.3 Å². The van der Waals surface area contributed by atoms with Crippen LogP contribution in [0.1, 0.15) is 11.1 Å². The molecule has 2 amide bonds. The van der Waals surface area contributed by atoms with Gasteiger partial charge in [0.05, 0.1) is 17.7 Å². The number of halogens is 1. The lowest BCUT2D eigenvalue weighted by Gasteiger charge is -2.29. The molecule has 0 aromatic heterocycles. The highest BCUT2D eigenvalue weighted by Gasteiger charge is 2.34.